The first kappa shape index (κ1) is 8.45. The maximum Gasteiger partial charge on any atom is 0.0447 e. The van der Waals surface area contributed by atoms with Crippen LogP contribution in [0.2, 0.25) is 0 Å². The Morgan fingerprint density at radius 2 is 2.23 bits per heavy atom. The average molecular weight is 189 g/mol. The van der Waals surface area contributed by atoms with Crippen LogP contribution in [0, 0.1) is 6.92 Å². The molecule has 0 N–H and O–H groups in total. The molecule has 0 aromatic carbocycles. The second-order valence-corrected chi connectivity index (χ2v) is 3.92. The molecule has 0 aliphatic heterocycles. The van der Waals surface area contributed by atoms with Crippen molar-refractivity contribution in [3.63, 3.8) is 0 Å². The van der Waals surface area contributed by atoms with E-state index in [0.717, 1.165) is 12.1 Å². The number of aryl methyl sites for hydroxylation is 1. The first-order valence-corrected chi connectivity index (χ1v) is 5.21. The summed E-state index contributed by atoms with van der Waals surface area (Å²) in [6.07, 6.45) is 2.87. The van der Waals surface area contributed by atoms with E-state index in [4.69, 9.17) is 0 Å². The van der Waals surface area contributed by atoms with Crippen molar-refractivity contribution in [2.45, 2.75) is 13.3 Å². The molecule has 1 nitrogen and oxygen atoms in total. The van der Waals surface area contributed by atoms with Gasteiger partial charge in [0.2, 0.25) is 0 Å². The summed E-state index contributed by atoms with van der Waals surface area (Å²) in [6, 6.07) is 6.34. The Hall–Kier alpha value is -1.15. The van der Waals surface area contributed by atoms with Gasteiger partial charge >= 0.3 is 0 Å². The highest BCUT2D eigenvalue weighted by molar-refractivity contribution is 7.07. The van der Waals surface area contributed by atoms with Gasteiger partial charge in [-0.2, -0.15) is 11.3 Å². The van der Waals surface area contributed by atoms with Crippen LogP contribution in [0.25, 0.3) is 0 Å². The average Bonchev–Trinajstić information content (AvgIpc) is 2.62. The van der Waals surface area contributed by atoms with Crippen LogP contribution in [0.3, 0.4) is 0 Å². The van der Waals surface area contributed by atoms with E-state index in [1.807, 2.05) is 6.20 Å². The van der Waals surface area contributed by atoms with Crippen LogP contribution in [-0.2, 0) is 6.42 Å². The zero-order chi connectivity index (χ0) is 9.10. The molecule has 0 radical (unpaired) electrons. The van der Waals surface area contributed by atoms with Gasteiger partial charge in [-0.25, -0.2) is 0 Å². The number of hydrogen-bond donors (Lipinski definition) is 0. The predicted octanol–water partition coefficient (Wildman–Crippen LogP) is 3.04. The Kier molecular flexibility index (Phi) is 2.41. The lowest BCUT2D eigenvalue weighted by atomic mass is 10.1. The molecule has 66 valence electrons. The number of nitrogens with zero attached hydrogens (tertiary/aromatic N) is 1. The molecule has 0 aliphatic rings. The van der Waals surface area contributed by atoms with Crippen LogP contribution in [0.4, 0.5) is 0 Å². The van der Waals surface area contributed by atoms with Gasteiger partial charge in [0.15, 0.2) is 0 Å². The zero-order valence-corrected chi connectivity index (χ0v) is 8.34. The summed E-state index contributed by atoms with van der Waals surface area (Å²) in [5.41, 5.74) is 3.71. The normalized spacial score (nSPS) is 10.2. The Morgan fingerprint density at radius 3 is 2.85 bits per heavy atom. The molecule has 2 aromatic rings. The number of rotatable bonds is 2. The molecule has 0 spiro atoms. The fourth-order valence-electron chi connectivity index (χ4n) is 1.21. The summed E-state index contributed by atoms with van der Waals surface area (Å²) < 4.78 is 0. The molecule has 0 saturated heterocycles. The van der Waals surface area contributed by atoms with Crippen LogP contribution in [0.1, 0.15) is 16.8 Å². The number of pyridine rings is 1. The molecule has 2 aromatic heterocycles. The molecule has 2 rings (SSSR count). The summed E-state index contributed by atoms with van der Waals surface area (Å²) in [5, 5.41) is 4.27. The SMILES string of the molecule is Cc1ccc(Cc2ccsc2)nc1. The van der Waals surface area contributed by atoms with Crippen LogP contribution < -0.4 is 0 Å². The van der Waals surface area contributed by atoms with Gasteiger partial charge < -0.3 is 0 Å². The van der Waals surface area contributed by atoms with Gasteiger partial charge in [0.05, 0.1) is 0 Å². The maximum absolute atomic E-state index is 4.36. The molecule has 13 heavy (non-hydrogen) atoms. The van der Waals surface area contributed by atoms with Crippen LogP contribution in [0.15, 0.2) is 35.2 Å². The zero-order valence-electron chi connectivity index (χ0n) is 7.53. The summed E-state index contributed by atoms with van der Waals surface area (Å²) in [7, 11) is 0. The summed E-state index contributed by atoms with van der Waals surface area (Å²) >= 11 is 1.73. The fourth-order valence-corrected chi connectivity index (χ4v) is 1.87. The third-order valence-electron chi connectivity index (χ3n) is 1.94. The lowest BCUT2D eigenvalue weighted by molar-refractivity contribution is 1.07. The molecule has 0 aliphatic carbocycles. The van der Waals surface area contributed by atoms with E-state index in [1.165, 1.54) is 11.1 Å². The molecule has 2 heterocycles. The van der Waals surface area contributed by atoms with Gasteiger partial charge in [-0.15, -0.1) is 0 Å². The largest absolute Gasteiger partial charge is 0.261 e. The number of hydrogen-bond acceptors (Lipinski definition) is 2. The van der Waals surface area contributed by atoms with Crippen LogP contribution in [0.5, 0.6) is 0 Å². The lowest BCUT2D eigenvalue weighted by Crippen LogP contribution is -1.89. The van der Waals surface area contributed by atoms with Gasteiger partial charge in [0.25, 0.3) is 0 Å². The summed E-state index contributed by atoms with van der Waals surface area (Å²) in [6.45, 7) is 2.06. The Labute approximate surface area is 82.1 Å². The van der Waals surface area contributed by atoms with Crippen molar-refractivity contribution in [1.82, 2.24) is 4.98 Å². The maximum atomic E-state index is 4.36. The second kappa shape index (κ2) is 3.71. The predicted molar refractivity (Wildman–Crippen MR) is 56.1 cm³/mol. The minimum atomic E-state index is 0.948. The molecule has 0 unspecified atom stereocenters. The first-order chi connectivity index (χ1) is 6.34. The summed E-state index contributed by atoms with van der Waals surface area (Å²) in [4.78, 5) is 4.36. The first-order valence-electron chi connectivity index (χ1n) is 4.27. The highest BCUT2D eigenvalue weighted by atomic mass is 32.1. The topological polar surface area (TPSA) is 12.9 Å². The highest BCUT2D eigenvalue weighted by Crippen LogP contribution is 2.11. The molecule has 0 saturated carbocycles. The van der Waals surface area contributed by atoms with Gasteiger partial charge in [-0.3, -0.25) is 4.98 Å². The van der Waals surface area contributed by atoms with Gasteiger partial charge in [0.1, 0.15) is 0 Å². The molecule has 0 fully saturated rings. The van der Waals surface area contributed by atoms with E-state index in [-0.39, 0.29) is 0 Å². The van der Waals surface area contributed by atoms with Crippen molar-refractivity contribution < 1.29 is 0 Å². The molecule has 0 atom stereocenters. The highest BCUT2D eigenvalue weighted by Gasteiger charge is 1.96. The van der Waals surface area contributed by atoms with E-state index < -0.39 is 0 Å². The third kappa shape index (κ3) is 2.16. The van der Waals surface area contributed by atoms with E-state index in [0.29, 0.717) is 0 Å². The van der Waals surface area contributed by atoms with Crippen molar-refractivity contribution >= 4 is 11.3 Å². The van der Waals surface area contributed by atoms with Crippen molar-refractivity contribution in [3.8, 4) is 0 Å². The van der Waals surface area contributed by atoms with Gasteiger partial charge in [-0.05, 0) is 40.9 Å². The van der Waals surface area contributed by atoms with Gasteiger partial charge in [0, 0.05) is 18.3 Å². The van der Waals surface area contributed by atoms with Crippen molar-refractivity contribution in [2.75, 3.05) is 0 Å². The number of thiophene rings is 1. The molecular formula is C11H11NS. The minimum Gasteiger partial charge on any atom is -0.261 e. The van der Waals surface area contributed by atoms with E-state index in [2.05, 4.69) is 40.9 Å². The molecule has 0 amide bonds. The van der Waals surface area contributed by atoms with Crippen LogP contribution >= 0.6 is 11.3 Å². The second-order valence-electron chi connectivity index (χ2n) is 3.14. The smallest absolute Gasteiger partial charge is 0.0447 e. The summed E-state index contributed by atoms with van der Waals surface area (Å²) in [5.74, 6) is 0. The third-order valence-corrected chi connectivity index (χ3v) is 2.67. The van der Waals surface area contributed by atoms with E-state index >= 15 is 0 Å². The van der Waals surface area contributed by atoms with Crippen molar-refractivity contribution in [1.29, 1.82) is 0 Å². The van der Waals surface area contributed by atoms with Crippen molar-refractivity contribution in [2.24, 2.45) is 0 Å². The fraction of sp³-hybridized carbons (Fsp3) is 0.182. The quantitative estimate of drug-likeness (QED) is 0.707. The standard InChI is InChI=1S/C11H11NS/c1-9-2-3-11(12-7-9)6-10-4-5-13-8-10/h2-5,7-8H,6H2,1H3. The van der Waals surface area contributed by atoms with Crippen LogP contribution in [-0.4, -0.2) is 4.98 Å². The molecule has 2 heteroatoms. The monoisotopic (exact) mass is 189 g/mol. The Balaban J connectivity index is 2.15. The van der Waals surface area contributed by atoms with Crippen molar-refractivity contribution in [3.05, 3.63) is 52.0 Å². The van der Waals surface area contributed by atoms with Gasteiger partial charge in [-0.1, -0.05) is 6.07 Å². The Bertz CT molecular complexity index is 361. The molecule has 0 bridgehead atoms. The van der Waals surface area contributed by atoms with E-state index in [1.54, 1.807) is 11.3 Å². The Morgan fingerprint density at radius 1 is 1.31 bits per heavy atom. The minimum absolute atomic E-state index is 0.948. The van der Waals surface area contributed by atoms with E-state index in [9.17, 15) is 0 Å². The molecular weight excluding hydrogens is 178 g/mol. The lowest BCUT2D eigenvalue weighted by Gasteiger charge is -1.98. The number of aromatic nitrogens is 1.